The zero-order valence-corrected chi connectivity index (χ0v) is 15.0. The van der Waals surface area contributed by atoms with Gasteiger partial charge >= 0.3 is 5.97 Å². The van der Waals surface area contributed by atoms with Gasteiger partial charge in [0.2, 0.25) is 0 Å². The highest BCUT2D eigenvalue weighted by atomic mass is 32.1. The van der Waals surface area contributed by atoms with Crippen molar-refractivity contribution in [2.24, 2.45) is 5.73 Å². The molecule has 0 unspecified atom stereocenters. The number of furan rings is 1. The molecule has 134 valence electrons. The Hall–Kier alpha value is -3.38. The maximum Gasteiger partial charge on any atom is 0.341 e. The van der Waals surface area contributed by atoms with Crippen LogP contribution < -0.4 is 11.1 Å². The van der Waals surface area contributed by atoms with Crippen LogP contribution in [0.4, 0.5) is 5.00 Å². The average Bonchev–Trinajstić information content (AvgIpc) is 3.15. The minimum Gasteiger partial charge on any atom is -0.465 e. The summed E-state index contributed by atoms with van der Waals surface area (Å²) in [4.78, 5) is 36.0. The summed E-state index contributed by atoms with van der Waals surface area (Å²) >= 11 is 0.837. The molecule has 2 amide bonds. The highest BCUT2D eigenvalue weighted by Crippen LogP contribution is 2.33. The maximum absolute atomic E-state index is 12.4. The summed E-state index contributed by atoms with van der Waals surface area (Å²) in [5, 5.41) is 11.8. The van der Waals surface area contributed by atoms with E-state index in [0.717, 1.165) is 11.3 Å². The molecule has 2 aromatic rings. The number of amides is 2. The Bertz CT molecular complexity index is 962. The Morgan fingerprint density at radius 2 is 2.04 bits per heavy atom. The van der Waals surface area contributed by atoms with E-state index >= 15 is 0 Å². The number of ether oxygens (including phenoxy) is 1. The Morgan fingerprint density at radius 3 is 2.54 bits per heavy atom. The molecular weight excluding hydrogens is 358 g/mol. The van der Waals surface area contributed by atoms with Crippen molar-refractivity contribution in [1.29, 1.82) is 5.26 Å². The highest BCUT2D eigenvalue weighted by Gasteiger charge is 2.26. The molecule has 8 nitrogen and oxygen atoms in total. The van der Waals surface area contributed by atoms with Gasteiger partial charge in [-0.1, -0.05) is 0 Å². The predicted octanol–water partition coefficient (Wildman–Crippen LogP) is 2.39. The van der Waals surface area contributed by atoms with E-state index in [9.17, 15) is 19.6 Å². The van der Waals surface area contributed by atoms with Crippen LogP contribution in [0.3, 0.4) is 0 Å². The molecular formula is C17H15N3O5S. The van der Waals surface area contributed by atoms with Gasteiger partial charge in [-0.25, -0.2) is 4.79 Å². The molecule has 0 aliphatic carbocycles. The molecule has 0 radical (unpaired) electrons. The Morgan fingerprint density at radius 1 is 1.35 bits per heavy atom. The second-order valence-corrected chi connectivity index (χ2v) is 6.21. The Balaban J connectivity index is 2.40. The number of hydrogen-bond donors (Lipinski definition) is 2. The van der Waals surface area contributed by atoms with Crippen LogP contribution in [0.2, 0.25) is 0 Å². The first-order valence-corrected chi connectivity index (χ1v) is 8.11. The Labute approximate surface area is 152 Å². The molecule has 26 heavy (non-hydrogen) atoms. The first kappa shape index (κ1) is 19.0. The zero-order chi connectivity index (χ0) is 19.4. The molecule has 0 atom stereocenters. The van der Waals surface area contributed by atoms with Crippen LogP contribution >= 0.6 is 11.3 Å². The van der Waals surface area contributed by atoms with Gasteiger partial charge in [-0.2, -0.15) is 5.26 Å². The van der Waals surface area contributed by atoms with Crippen molar-refractivity contribution < 1.29 is 23.5 Å². The number of nitrogens with two attached hydrogens (primary N) is 1. The van der Waals surface area contributed by atoms with Crippen LogP contribution in [0.15, 0.2) is 22.1 Å². The summed E-state index contributed by atoms with van der Waals surface area (Å²) in [5.41, 5.74) is 5.37. The lowest BCUT2D eigenvalue weighted by molar-refractivity contribution is -0.112. The van der Waals surface area contributed by atoms with Gasteiger partial charge in [-0.15, -0.1) is 11.3 Å². The third-order valence-corrected chi connectivity index (χ3v) is 4.62. The van der Waals surface area contributed by atoms with E-state index in [4.69, 9.17) is 10.2 Å². The lowest BCUT2D eigenvalue weighted by Crippen LogP contribution is -2.15. The number of primary amides is 1. The number of anilines is 1. The molecule has 3 N–H and O–H groups in total. The lowest BCUT2D eigenvalue weighted by Gasteiger charge is -2.05. The second-order valence-electron chi connectivity index (χ2n) is 5.19. The monoisotopic (exact) mass is 373 g/mol. The van der Waals surface area contributed by atoms with Crippen LogP contribution in [-0.2, 0) is 9.53 Å². The van der Waals surface area contributed by atoms with Crippen LogP contribution in [0.25, 0.3) is 6.08 Å². The number of hydrogen-bond acceptors (Lipinski definition) is 7. The van der Waals surface area contributed by atoms with Gasteiger partial charge in [0, 0.05) is 6.08 Å². The van der Waals surface area contributed by atoms with Crippen molar-refractivity contribution in [2.45, 2.75) is 13.8 Å². The standard InChI is InChI=1S/C17H15N3O5S/c1-8-4-5-11(25-8)6-10(7-18)15(22)20-16-12(17(23)24-3)9(2)13(26-16)14(19)21/h4-6H,1-3H3,(H2,19,21)(H,20,22). The number of nitriles is 1. The Kier molecular flexibility index (Phi) is 5.59. The van der Waals surface area contributed by atoms with Crippen LogP contribution in [0.1, 0.15) is 37.1 Å². The van der Waals surface area contributed by atoms with Gasteiger partial charge in [-0.3, -0.25) is 9.59 Å². The van der Waals surface area contributed by atoms with Crippen molar-refractivity contribution >= 4 is 40.2 Å². The van der Waals surface area contributed by atoms with Gasteiger partial charge in [0.15, 0.2) is 0 Å². The van der Waals surface area contributed by atoms with Crippen molar-refractivity contribution in [1.82, 2.24) is 0 Å². The van der Waals surface area contributed by atoms with Crippen molar-refractivity contribution in [3.63, 3.8) is 0 Å². The summed E-state index contributed by atoms with van der Waals surface area (Å²) in [6.45, 7) is 3.25. The number of esters is 1. The molecule has 0 fully saturated rings. The summed E-state index contributed by atoms with van der Waals surface area (Å²) in [6.07, 6.45) is 1.27. The third kappa shape index (κ3) is 3.81. The summed E-state index contributed by atoms with van der Waals surface area (Å²) in [7, 11) is 1.18. The fourth-order valence-electron chi connectivity index (χ4n) is 2.18. The van der Waals surface area contributed by atoms with Gasteiger partial charge in [0.25, 0.3) is 11.8 Å². The first-order chi connectivity index (χ1) is 12.3. The fraction of sp³-hybridized carbons (Fsp3) is 0.176. The topological polar surface area (TPSA) is 135 Å². The number of rotatable bonds is 5. The van der Waals surface area contributed by atoms with Crippen LogP contribution in [-0.4, -0.2) is 24.9 Å². The number of thiophene rings is 1. The van der Waals surface area contributed by atoms with Crippen LogP contribution in [0.5, 0.6) is 0 Å². The smallest absolute Gasteiger partial charge is 0.341 e. The minimum absolute atomic E-state index is 0.0192. The fourth-order valence-corrected chi connectivity index (χ4v) is 3.22. The largest absolute Gasteiger partial charge is 0.465 e. The molecule has 0 aliphatic heterocycles. The second kappa shape index (κ2) is 7.67. The van der Waals surface area contributed by atoms with Gasteiger partial charge in [0.1, 0.15) is 28.2 Å². The first-order valence-electron chi connectivity index (χ1n) is 7.29. The molecule has 0 aromatic carbocycles. The zero-order valence-electron chi connectivity index (χ0n) is 14.2. The van der Waals surface area contributed by atoms with Crippen molar-refractivity contribution in [3.8, 4) is 6.07 Å². The van der Waals surface area contributed by atoms with Crippen molar-refractivity contribution in [3.05, 3.63) is 45.2 Å². The van der Waals surface area contributed by atoms with E-state index in [1.165, 1.54) is 20.1 Å². The van der Waals surface area contributed by atoms with Gasteiger partial charge in [0.05, 0.1) is 17.6 Å². The number of methoxy groups -OCH3 is 1. The van der Waals surface area contributed by atoms with E-state index in [-0.39, 0.29) is 21.0 Å². The van der Waals surface area contributed by atoms with E-state index in [0.29, 0.717) is 17.1 Å². The predicted molar refractivity (Wildman–Crippen MR) is 94.6 cm³/mol. The summed E-state index contributed by atoms with van der Waals surface area (Å²) in [5.74, 6) is -1.26. The lowest BCUT2D eigenvalue weighted by atomic mass is 10.1. The molecule has 0 saturated heterocycles. The number of nitrogens with zero attached hydrogens (tertiary/aromatic N) is 1. The van der Waals surface area contributed by atoms with E-state index in [1.54, 1.807) is 25.1 Å². The quantitative estimate of drug-likeness (QED) is 0.469. The van der Waals surface area contributed by atoms with Gasteiger partial charge in [-0.05, 0) is 31.5 Å². The molecule has 2 heterocycles. The van der Waals surface area contributed by atoms with E-state index in [2.05, 4.69) is 10.1 Å². The number of aryl methyl sites for hydroxylation is 1. The molecule has 0 spiro atoms. The third-order valence-electron chi connectivity index (χ3n) is 3.40. The summed E-state index contributed by atoms with van der Waals surface area (Å²) < 4.78 is 10.00. The molecule has 9 heteroatoms. The number of nitrogens with one attached hydrogen (secondary N) is 1. The SMILES string of the molecule is COC(=O)c1c(NC(=O)C(C#N)=Cc2ccc(C)o2)sc(C(N)=O)c1C. The van der Waals surface area contributed by atoms with E-state index < -0.39 is 17.8 Å². The minimum atomic E-state index is -0.760. The van der Waals surface area contributed by atoms with E-state index in [1.807, 2.05) is 0 Å². The summed E-state index contributed by atoms with van der Waals surface area (Å²) in [6, 6.07) is 5.07. The van der Waals surface area contributed by atoms with Gasteiger partial charge < -0.3 is 20.2 Å². The highest BCUT2D eigenvalue weighted by molar-refractivity contribution is 7.18. The normalized spacial score (nSPS) is 10.9. The molecule has 0 bridgehead atoms. The number of carbonyl (C=O) groups is 3. The number of carbonyl (C=O) groups excluding carboxylic acids is 3. The molecule has 2 aromatic heterocycles. The molecule has 0 saturated carbocycles. The van der Waals surface area contributed by atoms with Crippen molar-refractivity contribution in [2.75, 3.05) is 12.4 Å². The molecule has 0 aliphatic rings. The molecule has 2 rings (SSSR count). The van der Waals surface area contributed by atoms with Crippen LogP contribution in [0, 0.1) is 25.2 Å². The maximum atomic E-state index is 12.4. The average molecular weight is 373 g/mol.